The van der Waals surface area contributed by atoms with Crippen LogP contribution in [0.4, 0.5) is 5.69 Å². The zero-order chi connectivity index (χ0) is 17.5. The molecule has 2 heterocycles. The first-order valence-corrected chi connectivity index (χ1v) is 8.99. The van der Waals surface area contributed by atoms with Crippen LogP contribution in [0.15, 0.2) is 52.4 Å². The predicted molar refractivity (Wildman–Crippen MR) is 98.7 cm³/mol. The molecule has 0 fully saturated rings. The Morgan fingerprint density at radius 3 is 2.84 bits per heavy atom. The molecule has 2 aromatic heterocycles. The van der Waals surface area contributed by atoms with E-state index >= 15 is 0 Å². The van der Waals surface area contributed by atoms with E-state index in [9.17, 15) is 4.79 Å². The Bertz CT molecular complexity index is 787. The molecule has 0 aliphatic carbocycles. The maximum atomic E-state index is 12.0. The quantitative estimate of drug-likeness (QED) is 0.672. The lowest BCUT2D eigenvalue weighted by atomic mass is 10.3. The van der Waals surface area contributed by atoms with Gasteiger partial charge in [-0.3, -0.25) is 4.79 Å². The minimum absolute atomic E-state index is 0.0164. The van der Waals surface area contributed by atoms with Gasteiger partial charge in [-0.1, -0.05) is 29.4 Å². The smallest absolute Gasteiger partial charge is 0.227 e. The summed E-state index contributed by atoms with van der Waals surface area (Å²) in [7, 11) is 2.01. The second kappa shape index (κ2) is 8.43. The number of likely N-dealkylation sites (N-methyl/N-ethyl adjacent to an activating group) is 1. The molecule has 1 N–H and O–H groups in total. The molecule has 0 aliphatic rings. The van der Waals surface area contributed by atoms with Gasteiger partial charge >= 0.3 is 0 Å². The van der Waals surface area contributed by atoms with Crippen molar-refractivity contribution in [1.82, 2.24) is 15.5 Å². The zero-order valence-electron chi connectivity index (χ0n) is 14.0. The van der Waals surface area contributed by atoms with Gasteiger partial charge in [0.25, 0.3) is 0 Å². The third kappa shape index (κ3) is 4.90. The minimum atomic E-state index is -0.0164. The van der Waals surface area contributed by atoms with Crippen molar-refractivity contribution < 1.29 is 9.32 Å². The van der Waals surface area contributed by atoms with Gasteiger partial charge in [-0.15, -0.1) is 11.3 Å². The van der Waals surface area contributed by atoms with Crippen LogP contribution in [0.5, 0.6) is 0 Å². The van der Waals surface area contributed by atoms with Gasteiger partial charge in [0, 0.05) is 38.7 Å². The van der Waals surface area contributed by atoms with Crippen molar-refractivity contribution >= 4 is 22.9 Å². The maximum absolute atomic E-state index is 12.0. The predicted octanol–water partition coefficient (Wildman–Crippen LogP) is 2.98. The van der Waals surface area contributed by atoms with Gasteiger partial charge in [0.05, 0.1) is 4.88 Å². The van der Waals surface area contributed by atoms with Crippen LogP contribution >= 0.6 is 11.3 Å². The Kier molecular flexibility index (Phi) is 5.79. The van der Waals surface area contributed by atoms with Crippen LogP contribution in [0.25, 0.3) is 10.7 Å². The lowest BCUT2D eigenvalue weighted by Gasteiger charge is -2.19. The summed E-state index contributed by atoms with van der Waals surface area (Å²) in [5, 5.41) is 8.82. The van der Waals surface area contributed by atoms with E-state index in [1.807, 2.05) is 54.9 Å². The highest BCUT2D eigenvalue weighted by Crippen LogP contribution is 2.21. The normalized spacial score (nSPS) is 10.6. The number of rotatable bonds is 8. The molecule has 0 radical (unpaired) electrons. The monoisotopic (exact) mass is 356 g/mol. The fourth-order valence-electron chi connectivity index (χ4n) is 2.35. The molecular formula is C18H20N4O2S. The average Bonchev–Trinajstić information content (AvgIpc) is 3.32. The molecule has 6 nitrogen and oxygen atoms in total. The van der Waals surface area contributed by atoms with E-state index in [1.54, 1.807) is 11.3 Å². The Hall–Kier alpha value is -2.67. The zero-order valence-corrected chi connectivity index (χ0v) is 14.8. The first-order valence-electron chi connectivity index (χ1n) is 8.12. The van der Waals surface area contributed by atoms with Crippen molar-refractivity contribution in [1.29, 1.82) is 0 Å². The van der Waals surface area contributed by atoms with Gasteiger partial charge in [0.15, 0.2) is 0 Å². The molecule has 0 saturated heterocycles. The van der Waals surface area contributed by atoms with Crippen LogP contribution in [-0.2, 0) is 11.2 Å². The lowest BCUT2D eigenvalue weighted by molar-refractivity contribution is -0.121. The van der Waals surface area contributed by atoms with E-state index in [0.717, 1.165) is 17.1 Å². The molecule has 0 unspecified atom stereocenters. The number of thiophene rings is 1. The van der Waals surface area contributed by atoms with Crippen molar-refractivity contribution in [2.24, 2.45) is 0 Å². The average molecular weight is 356 g/mol. The van der Waals surface area contributed by atoms with Crippen LogP contribution in [-0.4, -0.2) is 36.2 Å². The number of nitrogens with zero attached hydrogens (tertiary/aromatic N) is 3. The number of hydrogen-bond donors (Lipinski definition) is 1. The van der Waals surface area contributed by atoms with E-state index < -0.39 is 0 Å². The Labute approximate surface area is 150 Å². The van der Waals surface area contributed by atoms with E-state index in [0.29, 0.717) is 31.1 Å². The van der Waals surface area contributed by atoms with Crippen LogP contribution in [0.3, 0.4) is 0 Å². The van der Waals surface area contributed by atoms with Crippen molar-refractivity contribution in [3.8, 4) is 10.7 Å². The van der Waals surface area contributed by atoms with Gasteiger partial charge < -0.3 is 14.7 Å². The van der Waals surface area contributed by atoms with Crippen LogP contribution in [0.2, 0.25) is 0 Å². The van der Waals surface area contributed by atoms with Crippen molar-refractivity contribution in [3.05, 3.63) is 53.7 Å². The molecule has 25 heavy (non-hydrogen) atoms. The summed E-state index contributed by atoms with van der Waals surface area (Å²) in [5.74, 6) is 1.05. The number of aryl methyl sites for hydroxylation is 1. The largest absolute Gasteiger partial charge is 0.373 e. The third-order valence-corrected chi connectivity index (χ3v) is 4.61. The van der Waals surface area contributed by atoms with Gasteiger partial charge in [-0.05, 0) is 23.6 Å². The number of aromatic nitrogens is 2. The summed E-state index contributed by atoms with van der Waals surface area (Å²) in [6.07, 6.45) is 0.778. The topological polar surface area (TPSA) is 71.3 Å². The fraction of sp³-hybridized carbons (Fsp3) is 0.278. The molecule has 3 aromatic rings. The van der Waals surface area contributed by atoms with Gasteiger partial charge in [-0.25, -0.2) is 0 Å². The number of anilines is 1. The van der Waals surface area contributed by atoms with Gasteiger partial charge in [0.2, 0.25) is 17.6 Å². The molecule has 1 aromatic carbocycles. The summed E-state index contributed by atoms with van der Waals surface area (Å²) < 4.78 is 5.20. The Balaban J connectivity index is 1.38. The van der Waals surface area contributed by atoms with Crippen molar-refractivity contribution in [2.45, 2.75) is 12.8 Å². The molecule has 0 bridgehead atoms. The number of carbonyl (C=O) groups excluding carboxylic acids is 1. The first kappa shape index (κ1) is 17.2. The Morgan fingerprint density at radius 2 is 2.08 bits per heavy atom. The molecule has 0 atom stereocenters. The highest BCUT2D eigenvalue weighted by molar-refractivity contribution is 7.13. The molecule has 1 amide bonds. The highest BCUT2D eigenvalue weighted by Gasteiger charge is 2.11. The summed E-state index contributed by atoms with van der Waals surface area (Å²) >= 11 is 1.56. The van der Waals surface area contributed by atoms with E-state index in [-0.39, 0.29) is 5.91 Å². The van der Waals surface area contributed by atoms with Crippen molar-refractivity contribution in [2.75, 3.05) is 25.0 Å². The third-order valence-electron chi connectivity index (χ3n) is 3.74. The standard InChI is InChI=1S/C18H20N4O2S/c1-22(14-6-3-2-4-7-14)12-11-19-16(23)9-10-17-20-18(21-24-17)15-8-5-13-25-15/h2-8,13H,9-12H2,1H3,(H,19,23). The lowest BCUT2D eigenvalue weighted by Crippen LogP contribution is -2.33. The summed E-state index contributed by atoms with van der Waals surface area (Å²) in [6, 6.07) is 14.0. The van der Waals surface area contributed by atoms with E-state index in [4.69, 9.17) is 4.52 Å². The molecule has 0 aliphatic heterocycles. The SMILES string of the molecule is CN(CCNC(=O)CCc1nc(-c2cccs2)no1)c1ccccc1. The van der Waals surface area contributed by atoms with Crippen LogP contribution in [0, 0.1) is 0 Å². The van der Waals surface area contributed by atoms with E-state index in [2.05, 4.69) is 20.4 Å². The summed E-state index contributed by atoms with van der Waals surface area (Å²) in [6.45, 7) is 1.34. The summed E-state index contributed by atoms with van der Waals surface area (Å²) in [4.78, 5) is 19.3. The van der Waals surface area contributed by atoms with E-state index in [1.165, 1.54) is 0 Å². The Morgan fingerprint density at radius 1 is 1.24 bits per heavy atom. The number of amides is 1. The van der Waals surface area contributed by atoms with Gasteiger partial charge in [-0.2, -0.15) is 4.98 Å². The second-order valence-electron chi connectivity index (χ2n) is 5.60. The second-order valence-corrected chi connectivity index (χ2v) is 6.54. The number of para-hydroxylation sites is 1. The molecule has 130 valence electrons. The number of nitrogens with one attached hydrogen (secondary N) is 1. The van der Waals surface area contributed by atoms with Gasteiger partial charge in [0.1, 0.15) is 0 Å². The molecule has 0 spiro atoms. The number of hydrogen-bond acceptors (Lipinski definition) is 6. The molecular weight excluding hydrogens is 336 g/mol. The molecule has 0 saturated carbocycles. The fourth-order valence-corrected chi connectivity index (χ4v) is 2.99. The number of benzene rings is 1. The molecule has 7 heteroatoms. The van der Waals surface area contributed by atoms with Crippen LogP contribution < -0.4 is 10.2 Å². The maximum Gasteiger partial charge on any atom is 0.227 e. The number of carbonyl (C=O) groups is 1. The molecule has 3 rings (SSSR count). The summed E-state index contributed by atoms with van der Waals surface area (Å²) in [5.41, 5.74) is 1.13. The van der Waals surface area contributed by atoms with Crippen LogP contribution in [0.1, 0.15) is 12.3 Å². The highest BCUT2D eigenvalue weighted by atomic mass is 32.1. The van der Waals surface area contributed by atoms with Crippen molar-refractivity contribution in [3.63, 3.8) is 0 Å². The first-order chi connectivity index (χ1) is 12.2. The minimum Gasteiger partial charge on any atom is -0.373 e.